The van der Waals surface area contributed by atoms with Crippen molar-refractivity contribution < 1.29 is 23.8 Å². The van der Waals surface area contributed by atoms with Crippen molar-refractivity contribution >= 4 is 11.9 Å². The second-order valence-electron chi connectivity index (χ2n) is 6.98. The Kier molecular flexibility index (Phi) is 4.88. The van der Waals surface area contributed by atoms with Crippen LogP contribution in [0.3, 0.4) is 0 Å². The Morgan fingerprint density at radius 3 is 2.56 bits per heavy atom. The molecule has 1 aliphatic carbocycles. The van der Waals surface area contributed by atoms with E-state index in [-0.39, 0.29) is 12.0 Å². The molecule has 1 aliphatic heterocycles. The lowest BCUT2D eigenvalue weighted by atomic mass is 9.74. The molecule has 2 atom stereocenters. The summed E-state index contributed by atoms with van der Waals surface area (Å²) in [6.45, 7) is 2.27. The van der Waals surface area contributed by atoms with Gasteiger partial charge in [-0.1, -0.05) is 13.0 Å². The molecule has 0 aromatic heterocycles. The molecule has 0 bridgehead atoms. The number of carbonyl (C=O) groups is 2. The first-order valence-corrected chi connectivity index (χ1v) is 8.70. The number of nitrogens with one attached hydrogen (secondary N) is 1. The van der Waals surface area contributed by atoms with Gasteiger partial charge in [0.2, 0.25) is 5.91 Å². The normalized spacial score (nSPS) is 26.4. The summed E-state index contributed by atoms with van der Waals surface area (Å²) in [6, 6.07) is 5.62. The average Bonchev–Trinajstić information content (AvgIpc) is 3.23. The first-order chi connectivity index (χ1) is 12.0. The van der Waals surface area contributed by atoms with Crippen molar-refractivity contribution in [2.24, 2.45) is 5.92 Å². The summed E-state index contributed by atoms with van der Waals surface area (Å²) in [5.41, 5.74) is 0.166. The van der Waals surface area contributed by atoms with Gasteiger partial charge in [-0.15, -0.1) is 0 Å². The maximum Gasteiger partial charge on any atom is 0.319 e. The van der Waals surface area contributed by atoms with E-state index in [0.717, 1.165) is 18.4 Å². The molecule has 6 nitrogen and oxygen atoms in total. The van der Waals surface area contributed by atoms with Crippen LogP contribution in [0, 0.1) is 5.92 Å². The zero-order chi connectivity index (χ0) is 18.0. The minimum Gasteiger partial charge on any atom is -0.493 e. The average molecular weight is 347 g/mol. The molecule has 1 aromatic rings. The summed E-state index contributed by atoms with van der Waals surface area (Å²) in [4.78, 5) is 24.3. The van der Waals surface area contributed by atoms with Crippen molar-refractivity contribution in [3.05, 3.63) is 23.8 Å². The van der Waals surface area contributed by atoms with Crippen LogP contribution >= 0.6 is 0 Å². The number of rotatable bonds is 5. The standard InChI is InChI=1S/C19H25NO5/c1-19(11-20-17(21)16(19)18(22)24-3)12-8-9-14(23-2)15(10-12)25-13-6-4-5-7-13/h8-10,13,16H,4-7,11H2,1-3H3,(H,20,21). The van der Waals surface area contributed by atoms with Gasteiger partial charge in [0.15, 0.2) is 11.5 Å². The lowest BCUT2D eigenvalue weighted by Crippen LogP contribution is -2.38. The van der Waals surface area contributed by atoms with Crippen LogP contribution in [0.25, 0.3) is 0 Å². The fraction of sp³-hybridized carbons (Fsp3) is 0.579. The van der Waals surface area contributed by atoms with Crippen molar-refractivity contribution in [1.82, 2.24) is 5.32 Å². The molecule has 25 heavy (non-hydrogen) atoms. The number of carbonyl (C=O) groups excluding carboxylic acids is 2. The molecule has 1 amide bonds. The maximum atomic E-state index is 12.2. The molecule has 1 N–H and O–H groups in total. The first-order valence-electron chi connectivity index (χ1n) is 8.70. The first kappa shape index (κ1) is 17.6. The lowest BCUT2D eigenvalue weighted by molar-refractivity contribution is -0.150. The molecule has 1 heterocycles. The second-order valence-corrected chi connectivity index (χ2v) is 6.98. The van der Waals surface area contributed by atoms with Gasteiger partial charge in [-0.2, -0.15) is 0 Å². The van der Waals surface area contributed by atoms with Gasteiger partial charge in [0, 0.05) is 12.0 Å². The summed E-state index contributed by atoms with van der Waals surface area (Å²) in [5, 5.41) is 2.78. The maximum absolute atomic E-state index is 12.2. The van der Waals surface area contributed by atoms with E-state index in [9.17, 15) is 9.59 Å². The van der Waals surface area contributed by atoms with Crippen LogP contribution in [0.1, 0.15) is 38.2 Å². The molecule has 0 radical (unpaired) electrons. The topological polar surface area (TPSA) is 73.9 Å². The number of amides is 1. The largest absolute Gasteiger partial charge is 0.493 e. The van der Waals surface area contributed by atoms with Crippen molar-refractivity contribution in [2.45, 2.75) is 44.1 Å². The third-order valence-corrected chi connectivity index (χ3v) is 5.38. The molecule has 6 heteroatoms. The predicted octanol–water partition coefficient (Wildman–Crippen LogP) is 2.19. The summed E-state index contributed by atoms with van der Waals surface area (Å²) in [6.07, 6.45) is 4.61. The van der Waals surface area contributed by atoms with Gasteiger partial charge >= 0.3 is 5.97 Å². The minimum absolute atomic E-state index is 0.191. The zero-order valence-corrected chi connectivity index (χ0v) is 15.0. The smallest absolute Gasteiger partial charge is 0.319 e. The van der Waals surface area contributed by atoms with E-state index < -0.39 is 17.3 Å². The number of esters is 1. The summed E-state index contributed by atoms with van der Waals surface area (Å²) in [5.74, 6) is -0.373. The molecule has 1 saturated carbocycles. The van der Waals surface area contributed by atoms with E-state index in [1.807, 2.05) is 25.1 Å². The third kappa shape index (κ3) is 3.17. The molecular weight excluding hydrogens is 322 g/mol. The summed E-state index contributed by atoms with van der Waals surface area (Å²) < 4.78 is 16.4. The molecule has 3 rings (SSSR count). The van der Waals surface area contributed by atoms with E-state index in [0.29, 0.717) is 18.0 Å². The van der Waals surface area contributed by atoms with Gasteiger partial charge in [0.1, 0.15) is 5.92 Å². The number of hydrogen-bond donors (Lipinski definition) is 1. The highest BCUT2D eigenvalue weighted by Crippen LogP contribution is 2.41. The molecule has 136 valence electrons. The fourth-order valence-electron chi connectivity index (χ4n) is 3.83. The molecule has 2 unspecified atom stereocenters. The van der Waals surface area contributed by atoms with Crippen molar-refractivity contribution in [3.8, 4) is 11.5 Å². The van der Waals surface area contributed by atoms with Crippen LogP contribution in [0.15, 0.2) is 18.2 Å². The fourth-order valence-corrected chi connectivity index (χ4v) is 3.83. The SMILES string of the molecule is COC(=O)C1C(=O)NCC1(C)c1ccc(OC)c(OC2CCCC2)c1. The van der Waals surface area contributed by atoms with E-state index in [2.05, 4.69) is 5.32 Å². The van der Waals surface area contributed by atoms with E-state index >= 15 is 0 Å². The van der Waals surface area contributed by atoms with Gasteiger partial charge in [0.25, 0.3) is 0 Å². The Hall–Kier alpha value is -2.24. The monoisotopic (exact) mass is 347 g/mol. The highest BCUT2D eigenvalue weighted by atomic mass is 16.5. The quantitative estimate of drug-likeness (QED) is 0.653. The van der Waals surface area contributed by atoms with Crippen molar-refractivity contribution in [2.75, 3.05) is 20.8 Å². The number of hydrogen-bond acceptors (Lipinski definition) is 5. The Morgan fingerprint density at radius 1 is 1.20 bits per heavy atom. The van der Waals surface area contributed by atoms with Crippen LogP contribution in [-0.2, 0) is 19.7 Å². The van der Waals surface area contributed by atoms with E-state index in [4.69, 9.17) is 14.2 Å². The Labute approximate surface area is 147 Å². The molecule has 0 spiro atoms. The Balaban J connectivity index is 1.95. The van der Waals surface area contributed by atoms with Crippen LogP contribution < -0.4 is 14.8 Å². The minimum atomic E-state index is -0.870. The molecular formula is C19H25NO5. The van der Waals surface area contributed by atoms with E-state index in [1.165, 1.54) is 20.0 Å². The van der Waals surface area contributed by atoms with Crippen molar-refractivity contribution in [1.29, 1.82) is 0 Å². The third-order valence-electron chi connectivity index (χ3n) is 5.38. The van der Waals surface area contributed by atoms with Crippen LogP contribution in [0.4, 0.5) is 0 Å². The number of methoxy groups -OCH3 is 2. The summed E-state index contributed by atoms with van der Waals surface area (Å²) in [7, 11) is 2.91. The number of ether oxygens (including phenoxy) is 3. The van der Waals surface area contributed by atoms with Gasteiger partial charge in [0.05, 0.1) is 20.3 Å². The van der Waals surface area contributed by atoms with Crippen LogP contribution in [0.5, 0.6) is 11.5 Å². The van der Waals surface area contributed by atoms with Gasteiger partial charge in [-0.25, -0.2) is 0 Å². The van der Waals surface area contributed by atoms with Crippen LogP contribution in [0.2, 0.25) is 0 Å². The highest BCUT2D eigenvalue weighted by Gasteiger charge is 2.51. The van der Waals surface area contributed by atoms with Crippen LogP contribution in [-0.4, -0.2) is 38.7 Å². The lowest BCUT2D eigenvalue weighted by Gasteiger charge is -2.29. The van der Waals surface area contributed by atoms with Crippen molar-refractivity contribution in [3.63, 3.8) is 0 Å². The Bertz CT molecular complexity index is 668. The predicted molar refractivity (Wildman–Crippen MR) is 91.7 cm³/mol. The molecule has 1 saturated heterocycles. The van der Waals surface area contributed by atoms with Gasteiger partial charge < -0.3 is 19.5 Å². The van der Waals surface area contributed by atoms with E-state index in [1.54, 1.807) is 7.11 Å². The molecule has 2 aliphatic rings. The summed E-state index contributed by atoms with van der Waals surface area (Å²) >= 11 is 0. The zero-order valence-electron chi connectivity index (χ0n) is 15.0. The molecule has 1 aromatic carbocycles. The number of benzene rings is 1. The van der Waals surface area contributed by atoms with Gasteiger partial charge in [-0.05, 0) is 43.4 Å². The Morgan fingerprint density at radius 2 is 1.92 bits per heavy atom. The highest BCUT2D eigenvalue weighted by molar-refractivity contribution is 6.01. The van der Waals surface area contributed by atoms with Gasteiger partial charge in [-0.3, -0.25) is 9.59 Å². The second kappa shape index (κ2) is 6.94. The molecule has 2 fully saturated rings.